The Kier molecular flexibility index (Phi) is 10.9. The van der Waals surface area contributed by atoms with Crippen LogP contribution in [0.3, 0.4) is 0 Å². The lowest BCUT2D eigenvalue weighted by atomic mass is 10.1. The number of nitrogens with two attached hydrogens (primary N) is 1. The molecule has 0 saturated heterocycles. The van der Waals surface area contributed by atoms with Gasteiger partial charge in [-0.3, -0.25) is 19.2 Å². The third-order valence-corrected chi connectivity index (χ3v) is 4.47. The maximum absolute atomic E-state index is 12.6. The fourth-order valence-electron chi connectivity index (χ4n) is 2.65. The lowest BCUT2D eigenvalue weighted by molar-refractivity contribution is -0.145. The molecular weight excluding hydrogens is 444 g/mol. The van der Waals surface area contributed by atoms with Gasteiger partial charge in [-0.1, -0.05) is 0 Å². The van der Waals surface area contributed by atoms with Gasteiger partial charge in [0.05, 0.1) is 25.1 Å². The number of rotatable bonds is 14. The molecule has 0 fully saturated rings. The zero-order chi connectivity index (χ0) is 25.1. The molecule has 33 heavy (non-hydrogen) atoms. The second-order valence-electron chi connectivity index (χ2n) is 7.19. The first kappa shape index (κ1) is 27.5. The van der Waals surface area contributed by atoms with Gasteiger partial charge in [-0.25, -0.2) is 9.78 Å². The van der Waals surface area contributed by atoms with Crippen molar-refractivity contribution >= 4 is 29.7 Å². The number of aliphatic hydroxyl groups excluding tert-OH is 2. The number of nitrogens with one attached hydrogen (secondary N) is 4. The molecule has 5 atom stereocenters. The van der Waals surface area contributed by atoms with Crippen molar-refractivity contribution in [3.63, 3.8) is 0 Å². The Labute approximate surface area is 187 Å². The predicted octanol–water partition coefficient (Wildman–Crippen LogP) is -3.94. The minimum absolute atomic E-state index is 0.0523. The van der Waals surface area contributed by atoms with Crippen molar-refractivity contribution in [3.8, 4) is 0 Å². The number of aromatic nitrogens is 2. The SMILES string of the molecule is CC(O)C(NC(=O)C(CO)NC(=O)C(CCC(=O)O)NC(=O)C(N)Cc1cnc[nH]1)C(=O)O. The first-order chi connectivity index (χ1) is 15.5. The molecule has 0 saturated carbocycles. The first-order valence-electron chi connectivity index (χ1n) is 9.83. The molecule has 0 bridgehead atoms. The highest BCUT2D eigenvalue weighted by atomic mass is 16.4. The normalized spacial score (nSPS) is 15.4. The highest BCUT2D eigenvalue weighted by molar-refractivity contribution is 5.94. The van der Waals surface area contributed by atoms with E-state index in [4.69, 9.17) is 15.9 Å². The predicted molar refractivity (Wildman–Crippen MR) is 109 cm³/mol. The van der Waals surface area contributed by atoms with Crippen LogP contribution in [-0.2, 0) is 30.4 Å². The summed E-state index contributed by atoms with van der Waals surface area (Å²) in [4.78, 5) is 65.9. The smallest absolute Gasteiger partial charge is 0.328 e. The summed E-state index contributed by atoms with van der Waals surface area (Å²) in [5.41, 5.74) is 6.36. The highest BCUT2D eigenvalue weighted by Gasteiger charge is 2.31. The summed E-state index contributed by atoms with van der Waals surface area (Å²) in [6.45, 7) is 0.179. The van der Waals surface area contributed by atoms with Crippen molar-refractivity contribution < 1.29 is 44.4 Å². The van der Waals surface area contributed by atoms with Crippen LogP contribution in [0.15, 0.2) is 12.5 Å². The van der Waals surface area contributed by atoms with E-state index in [9.17, 15) is 34.2 Å². The fourth-order valence-corrected chi connectivity index (χ4v) is 2.65. The maximum atomic E-state index is 12.6. The molecule has 15 heteroatoms. The number of nitrogens with zero attached hydrogens (tertiary/aromatic N) is 1. The minimum atomic E-state index is -1.70. The Hall–Kier alpha value is -3.56. The first-order valence-corrected chi connectivity index (χ1v) is 9.83. The lowest BCUT2D eigenvalue weighted by Gasteiger charge is -2.24. The molecular formula is C18H28N6O9. The van der Waals surface area contributed by atoms with E-state index in [-0.39, 0.29) is 12.8 Å². The molecule has 0 aliphatic rings. The molecule has 0 spiro atoms. The summed E-state index contributed by atoms with van der Waals surface area (Å²) in [6, 6.07) is -5.87. The molecule has 0 radical (unpaired) electrons. The zero-order valence-corrected chi connectivity index (χ0v) is 17.7. The molecule has 5 unspecified atom stereocenters. The number of H-pyrrole nitrogens is 1. The van der Waals surface area contributed by atoms with Crippen LogP contribution in [0.2, 0.25) is 0 Å². The number of carbonyl (C=O) groups is 5. The molecule has 1 aromatic heterocycles. The van der Waals surface area contributed by atoms with Gasteiger partial charge < -0.3 is 47.1 Å². The number of imidazole rings is 1. The van der Waals surface area contributed by atoms with Crippen molar-refractivity contribution in [1.29, 1.82) is 0 Å². The Morgan fingerprint density at radius 1 is 1.06 bits per heavy atom. The standard InChI is InChI=1S/C18H28N6O9/c1-8(26)14(18(32)33)24-17(31)12(6-25)23-16(30)11(2-3-13(27)28)22-15(29)10(19)4-9-5-20-7-21-9/h5,7-8,10-12,14,25-26H,2-4,6,19H2,1H3,(H,20,21)(H,22,29)(H,23,30)(H,24,31)(H,27,28)(H,32,33). The van der Waals surface area contributed by atoms with E-state index in [0.717, 1.165) is 6.92 Å². The van der Waals surface area contributed by atoms with Crippen LogP contribution in [-0.4, -0.2) is 96.9 Å². The third-order valence-electron chi connectivity index (χ3n) is 4.47. The second kappa shape index (κ2) is 13.1. The van der Waals surface area contributed by atoms with Crippen molar-refractivity contribution in [2.45, 2.75) is 56.5 Å². The van der Waals surface area contributed by atoms with Crippen LogP contribution in [0, 0.1) is 0 Å². The number of carbonyl (C=O) groups excluding carboxylic acids is 3. The number of amides is 3. The quantitative estimate of drug-likeness (QED) is 0.126. The third kappa shape index (κ3) is 9.22. The van der Waals surface area contributed by atoms with Crippen LogP contribution >= 0.6 is 0 Å². The average Bonchev–Trinajstić information content (AvgIpc) is 3.24. The Morgan fingerprint density at radius 3 is 2.15 bits per heavy atom. The Bertz CT molecular complexity index is 829. The van der Waals surface area contributed by atoms with Crippen LogP contribution in [0.1, 0.15) is 25.5 Å². The number of hydrogen-bond donors (Lipinski definition) is 9. The number of aliphatic hydroxyl groups is 2. The van der Waals surface area contributed by atoms with Gasteiger partial charge in [0.25, 0.3) is 0 Å². The van der Waals surface area contributed by atoms with Gasteiger partial charge in [0, 0.05) is 24.7 Å². The van der Waals surface area contributed by atoms with Crippen LogP contribution in [0.4, 0.5) is 0 Å². The van der Waals surface area contributed by atoms with Crippen molar-refractivity contribution in [2.75, 3.05) is 6.61 Å². The van der Waals surface area contributed by atoms with Crippen molar-refractivity contribution in [2.24, 2.45) is 5.73 Å². The Morgan fingerprint density at radius 2 is 1.67 bits per heavy atom. The topological polar surface area (TPSA) is 257 Å². The fraction of sp³-hybridized carbons (Fsp3) is 0.556. The van der Waals surface area contributed by atoms with Crippen LogP contribution in [0.25, 0.3) is 0 Å². The van der Waals surface area contributed by atoms with Crippen LogP contribution in [0.5, 0.6) is 0 Å². The largest absolute Gasteiger partial charge is 0.481 e. The summed E-state index contributed by atoms with van der Waals surface area (Å²) in [7, 11) is 0. The molecule has 1 aromatic rings. The van der Waals surface area contributed by atoms with E-state index in [1.54, 1.807) is 0 Å². The second-order valence-corrected chi connectivity index (χ2v) is 7.19. The van der Waals surface area contributed by atoms with Crippen LogP contribution < -0.4 is 21.7 Å². The minimum Gasteiger partial charge on any atom is -0.481 e. The van der Waals surface area contributed by atoms with Gasteiger partial charge in [-0.05, 0) is 13.3 Å². The molecule has 1 rings (SSSR count). The van der Waals surface area contributed by atoms with Crippen molar-refractivity contribution in [3.05, 3.63) is 18.2 Å². The molecule has 1 heterocycles. The monoisotopic (exact) mass is 472 g/mol. The van der Waals surface area contributed by atoms with Gasteiger partial charge in [-0.15, -0.1) is 0 Å². The molecule has 0 aromatic carbocycles. The molecule has 15 nitrogen and oxygen atoms in total. The van der Waals surface area contributed by atoms with Gasteiger partial charge >= 0.3 is 11.9 Å². The summed E-state index contributed by atoms with van der Waals surface area (Å²) in [5.74, 6) is -5.68. The van der Waals surface area contributed by atoms with E-state index in [1.165, 1.54) is 12.5 Å². The number of carboxylic acid groups (broad SMARTS) is 2. The molecule has 0 aliphatic carbocycles. The summed E-state index contributed by atoms with van der Waals surface area (Å²) < 4.78 is 0. The summed E-state index contributed by atoms with van der Waals surface area (Å²) in [6.07, 6.45) is 0.554. The van der Waals surface area contributed by atoms with E-state index in [0.29, 0.717) is 5.69 Å². The summed E-state index contributed by atoms with van der Waals surface area (Å²) in [5, 5.41) is 43.3. The number of aliphatic carboxylic acids is 2. The summed E-state index contributed by atoms with van der Waals surface area (Å²) >= 11 is 0. The molecule has 184 valence electrons. The van der Waals surface area contributed by atoms with Gasteiger partial charge in [0.15, 0.2) is 6.04 Å². The van der Waals surface area contributed by atoms with E-state index < -0.39 is 73.0 Å². The van der Waals surface area contributed by atoms with E-state index >= 15 is 0 Å². The van der Waals surface area contributed by atoms with E-state index in [1.807, 2.05) is 5.32 Å². The van der Waals surface area contributed by atoms with Gasteiger partial charge in [0.2, 0.25) is 17.7 Å². The highest BCUT2D eigenvalue weighted by Crippen LogP contribution is 2.03. The molecule has 3 amide bonds. The zero-order valence-electron chi connectivity index (χ0n) is 17.7. The number of aromatic amines is 1. The average molecular weight is 472 g/mol. The van der Waals surface area contributed by atoms with E-state index in [2.05, 4.69) is 20.6 Å². The van der Waals surface area contributed by atoms with Crippen molar-refractivity contribution in [1.82, 2.24) is 25.9 Å². The van der Waals surface area contributed by atoms with Gasteiger partial charge in [0.1, 0.15) is 12.1 Å². The number of hydrogen-bond acceptors (Lipinski definition) is 9. The Balaban J connectivity index is 2.86. The maximum Gasteiger partial charge on any atom is 0.328 e. The van der Waals surface area contributed by atoms with Gasteiger partial charge in [-0.2, -0.15) is 0 Å². The molecule has 10 N–H and O–H groups in total. The molecule has 0 aliphatic heterocycles. The number of carboxylic acids is 2. The lowest BCUT2D eigenvalue weighted by Crippen LogP contribution is -2.59.